The van der Waals surface area contributed by atoms with Crippen LogP contribution in [0.1, 0.15) is 23.4 Å². The summed E-state index contributed by atoms with van der Waals surface area (Å²) in [6.45, 7) is 5.17. The van der Waals surface area contributed by atoms with Gasteiger partial charge in [0.25, 0.3) is 0 Å². The molecule has 0 saturated carbocycles. The number of halogens is 3. The first-order valence-electron chi connectivity index (χ1n) is 11.2. The van der Waals surface area contributed by atoms with Gasteiger partial charge in [-0.15, -0.1) is 0 Å². The zero-order chi connectivity index (χ0) is 25.2. The standard InChI is InChI=1S/C24H27F3N4O3S/c1-16-13-17(2)31(30-16)20-5-9-22(10-6-20)35(32,33)29-15-23(18-11-12-28-14-18)34-21-7-3-19(4-8-21)24(25,26)27/h3-10,13,18,23,28-29H,11-12,14-15H2,1-2H3/t18-,23+/m0/s1. The van der Waals surface area contributed by atoms with Gasteiger partial charge in [-0.05, 0) is 81.4 Å². The van der Waals surface area contributed by atoms with Crippen LogP contribution in [0.15, 0.2) is 59.5 Å². The van der Waals surface area contributed by atoms with Crippen molar-refractivity contribution < 1.29 is 26.3 Å². The molecular weight excluding hydrogens is 481 g/mol. The Morgan fingerprint density at radius 3 is 2.37 bits per heavy atom. The van der Waals surface area contributed by atoms with Crippen molar-refractivity contribution in [3.05, 3.63) is 71.5 Å². The van der Waals surface area contributed by atoms with E-state index in [9.17, 15) is 21.6 Å². The van der Waals surface area contributed by atoms with Gasteiger partial charge in [-0.25, -0.2) is 17.8 Å². The molecule has 0 aliphatic carbocycles. The molecule has 35 heavy (non-hydrogen) atoms. The summed E-state index contributed by atoms with van der Waals surface area (Å²) in [7, 11) is -3.84. The molecule has 0 bridgehead atoms. The molecule has 11 heteroatoms. The van der Waals surface area contributed by atoms with Crippen molar-refractivity contribution in [2.45, 2.75) is 37.4 Å². The molecule has 1 aliphatic rings. The molecule has 0 unspecified atom stereocenters. The fraction of sp³-hybridized carbons (Fsp3) is 0.375. The van der Waals surface area contributed by atoms with Crippen LogP contribution < -0.4 is 14.8 Å². The van der Waals surface area contributed by atoms with Crippen molar-refractivity contribution in [2.24, 2.45) is 5.92 Å². The number of aryl methyl sites for hydroxylation is 2. The summed E-state index contributed by atoms with van der Waals surface area (Å²) in [5.41, 5.74) is 1.77. The topological polar surface area (TPSA) is 85.2 Å². The average molecular weight is 509 g/mol. The van der Waals surface area contributed by atoms with Crippen molar-refractivity contribution in [1.82, 2.24) is 19.8 Å². The van der Waals surface area contributed by atoms with E-state index in [1.807, 2.05) is 19.9 Å². The second-order valence-electron chi connectivity index (χ2n) is 8.62. The predicted molar refractivity (Wildman–Crippen MR) is 125 cm³/mol. The molecule has 2 aromatic carbocycles. The molecule has 2 heterocycles. The SMILES string of the molecule is Cc1cc(C)n(-c2ccc(S(=O)(=O)NC[C@@H](Oc3ccc(C(F)(F)F)cc3)[C@H]3CCNC3)cc2)n1. The summed E-state index contributed by atoms with van der Waals surface area (Å²) in [4.78, 5) is 0.0978. The van der Waals surface area contributed by atoms with Gasteiger partial charge < -0.3 is 10.1 Å². The second kappa shape index (κ2) is 10.00. The minimum absolute atomic E-state index is 0.00778. The van der Waals surface area contributed by atoms with Crippen LogP contribution in [0.25, 0.3) is 5.69 Å². The smallest absolute Gasteiger partial charge is 0.416 e. The maximum atomic E-state index is 12.9. The quantitative estimate of drug-likeness (QED) is 0.483. The molecular formula is C24H27F3N4O3S. The second-order valence-corrected chi connectivity index (χ2v) is 10.4. The van der Waals surface area contributed by atoms with Crippen LogP contribution in [0, 0.1) is 19.8 Å². The third-order valence-electron chi connectivity index (χ3n) is 5.97. The maximum absolute atomic E-state index is 12.9. The van der Waals surface area contributed by atoms with Crippen LogP contribution in [0.4, 0.5) is 13.2 Å². The molecule has 1 fully saturated rings. The number of aromatic nitrogens is 2. The van der Waals surface area contributed by atoms with E-state index in [4.69, 9.17) is 4.74 Å². The lowest BCUT2D eigenvalue weighted by atomic mass is 10.0. The summed E-state index contributed by atoms with van der Waals surface area (Å²) in [6.07, 6.45) is -4.22. The predicted octanol–water partition coefficient (Wildman–Crippen LogP) is 3.84. The van der Waals surface area contributed by atoms with E-state index < -0.39 is 27.9 Å². The first-order valence-corrected chi connectivity index (χ1v) is 12.7. The molecule has 188 valence electrons. The van der Waals surface area contributed by atoms with Gasteiger partial charge in [0.05, 0.1) is 21.8 Å². The first-order chi connectivity index (χ1) is 16.5. The van der Waals surface area contributed by atoms with Gasteiger partial charge in [0, 0.05) is 24.7 Å². The van der Waals surface area contributed by atoms with Gasteiger partial charge in [0.1, 0.15) is 11.9 Å². The minimum atomic E-state index is -4.44. The number of alkyl halides is 3. The van der Waals surface area contributed by atoms with Crippen molar-refractivity contribution >= 4 is 10.0 Å². The number of hydrogen-bond donors (Lipinski definition) is 2. The summed E-state index contributed by atoms with van der Waals surface area (Å²) >= 11 is 0. The molecule has 2 atom stereocenters. The molecule has 0 spiro atoms. The lowest BCUT2D eigenvalue weighted by Gasteiger charge is -2.25. The molecule has 1 aliphatic heterocycles. The van der Waals surface area contributed by atoms with E-state index in [0.29, 0.717) is 6.54 Å². The van der Waals surface area contributed by atoms with Gasteiger partial charge in [0.2, 0.25) is 10.0 Å². The number of benzene rings is 2. The monoisotopic (exact) mass is 508 g/mol. The van der Waals surface area contributed by atoms with Gasteiger partial charge in [-0.3, -0.25) is 0 Å². The van der Waals surface area contributed by atoms with Crippen LogP contribution in [-0.4, -0.2) is 43.9 Å². The minimum Gasteiger partial charge on any atom is -0.489 e. The zero-order valence-corrected chi connectivity index (χ0v) is 20.2. The Hall–Kier alpha value is -2.89. The highest BCUT2D eigenvalue weighted by Gasteiger charge is 2.31. The number of nitrogens with zero attached hydrogens (tertiary/aromatic N) is 2. The fourth-order valence-electron chi connectivity index (χ4n) is 4.13. The van der Waals surface area contributed by atoms with Gasteiger partial charge in [-0.2, -0.15) is 18.3 Å². The molecule has 3 aromatic rings. The summed E-state index contributed by atoms with van der Waals surface area (Å²) in [6, 6.07) is 12.7. The number of hydrogen-bond acceptors (Lipinski definition) is 5. The molecule has 2 N–H and O–H groups in total. The van der Waals surface area contributed by atoms with Crippen molar-refractivity contribution in [2.75, 3.05) is 19.6 Å². The average Bonchev–Trinajstić information content (AvgIpc) is 3.46. The Kier molecular flexibility index (Phi) is 7.20. The first kappa shape index (κ1) is 25.2. The van der Waals surface area contributed by atoms with E-state index in [1.165, 1.54) is 24.3 Å². The maximum Gasteiger partial charge on any atom is 0.416 e. The number of nitrogens with one attached hydrogen (secondary N) is 2. The fourth-order valence-corrected chi connectivity index (χ4v) is 5.17. The van der Waals surface area contributed by atoms with E-state index >= 15 is 0 Å². The largest absolute Gasteiger partial charge is 0.489 e. The van der Waals surface area contributed by atoms with Crippen LogP contribution in [0.5, 0.6) is 5.75 Å². The molecule has 1 saturated heterocycles. The normalized spacial score (nSPS) is 17.5. The Morgan fingerprint density at radius 2 is 1.83 bits per heavy atom. The van der Waals surface area contributed by atoms with Crippen molar-refractivity contribution in [3.63, 3.8) is 0 Å². The Bertz CT molecular complexity index is 1250. The zero-order valence-electron chi connectivity index (χ0n) is 19.3. The summed E-state index contributed by atoms with van der Waals surface area (Å²) in [5.74, 6) is 0.261. The highest BCUT2D eigenvalue weighted by Crippen LogP contribution is 2.31. The molecule has 7 nitrogen and oxygen atoms in total. The van der Waals surface area contributed by atoms with Gasteiger partial charge in [-0.1, -0.05) is 0 Å². The van der Waals surface area contributed by atoms with E-state index in [2.05, 4.69) is 15.1 Å². The van der Waals surface area contributed by atoms with Crippen molar-refractivity contribution in [1.29, 1.82) is 0 Å². The molecule has 1 aromatic heterocycles. The molecule has 4 rings (SSSR count). The van der Waals surface area contributed by atoms with Gasteiger partial charge in [0.15, 0.2) is 0 Å². The summed E-state index contributed by atoms with van der Waals surface area (Å²) < 4.78 is 74.7. The Balaban J connectivity index is 1.46. The van der Waals surface area contributed by atoms with Crippen LogP contribution in [-0.2, 0) is 16.2 Å². The third kappa shape index (κ3) is 6.03. The summed E-state index contributed by atoms with van der Waals surface area (Å²) in [5, 5.41) is 7.61. The van der Waals surface area contributed by atoms with E-state index in [1.54, 1.807) is 16.8 Å². The third-order valence-corrected chi connectivity index (χ3v) is 7.41. The number of sulfonamides is 1. The molecule has 0 amide bonds. The molecule has 0 radical (unpaired) electrons. The van der Waals surface area contributed by atoms with Crippen molar-refractivity contribution in [3.8, 4) is 11.4 Å². The number of ether oxygens (including phenoxy) is 1. The van der Waals surface area contributed by atoms with E-state index in [0.717, 1.165) is 42.2 Å². The Labute approximate surface area is 202 Å². The van der Waals surface area contributed by atoms with Crippen LogP contribution in [0.2, 0.25) is 0 Å². The highest BCUT2D eigenvalue weighted by atomic mass is 32.2. The highest BCUT2D eigenvalue weighted by molar-refractivity contribution is 7.89. The van der Waals surface area contributed by atoms with E-state index in [-0.39, 0.29) is 23.1 Å². The number of rotatable bonds is 8. The van der Waals surface area contributed by atoms with Gasteiger partial charge >= 0.3 is 6.18 Å². The lowest BCUT2D eigenvalue weighted by molar-refractivity contribution is -0.137. The Morgan fingerprint density at radius 1 is 1.14 bits per heavy atom. The lowest BCUT2D eigenvalue weighted by Crippen LogP contribution is -2.40. The van der Waals surface area contributed by atoms with Crippen LogP contribution >= 0.6 is 0 Å². The van der Waals surface area contributed by atoms with Crippen LogP contribution in [0.3, 0.4) is 0 Å².